The maximum absolute atomic E-state index is 13.1. The molecule has 2 aromatic carbocycles. The number of hydrogen-bond donors (Lipinski definition) is 0. The van der Waals surface area contributed by atoms with Crippen molar-refractivity contribution in [3.05, 3.63) is 99.0 Å². The summed E-state index contributed by atoms with van der Waals surface area (Å²) in [6, 6.07) is 16.9. The molecule has 32 heavy (non-hydrogen) atoms. The van der Waals surface area contributed by atoms with Crippen LogP contribution in [0.1, 0.15) is 16.9 Å². The zero-order valence-electron chi connectivity index (χ0n) is 16.6. The van der Waals surface area contributed by atoms with Crippen molar-refractivity contribution >= 4 is 46.3 Å². The minimum Gasteiger partial charge on any atom is -0.467 e. The fraction of sp³-hybridized carbons (Fsp3) is 0.136. The number of amidine groups is 1. The summed E-state index contributed by atoms with van der Waals surface area (Å²) in [5.41, 5.74) is 1.61. The van der Waals surface area contributed by atoms with Crippen LogP contribution >= 0.6 is 23.4 Å². The summed E-state index contributed by atoms with van der Waals surface area (Å²) in [7, 11) is 0. The first-order chi connectivity index (χ1) is 15.5. The number of amides is 1. The lowest BCUT2D eigenvalue weighted by Gasteiger charge is -2.14. The van der Waals surface area contributed by atoms with E-state index in [2.05, 4.69) is 10.2 Å². The van der Waals surface area contributed by atoms with Crippen molar-refractivity contribution in [3.8, 4) is 0 Å². The van der Waals surface area contributed by atoms with Crippen LogP contribution in [0.15, 0.2) is 81.5 Å². The van der Waals surface area contributed by atoms with Gasteiger partial charge < -0.3 is 4.42 Å². The Morgan fingerprint density at radius 2 is 2.00 bits per heavy atom. The maximum Gasteiger partial charge on any atom is 0.269 e. The van der Waals surface area contributed by atoms with E-state index in [1.807, 2.05) is 18.2 Å². The van der Waals surface area contributed by atoms with Crippen LogP contribution in [0.2, 0.25) is 5.02 Å². The summed E-state index contributed by atoms with van der Waals surface area (Å²) < 4.78 is 5.40. The van der Waals surface area contributed by atoms with Gasteiger partial charge in [-0.05, 0) is 53.9 Å². The van der Waals surface area contributed by atoms with Gasteiger partial charge in [-0.3, -0.25) is 19.8 Å². The molecular weight excluding hydrogens is 452 g/mol. The normalized spacial score (nSPS) is 17.5. The fourth-order valence-electron chi connectivity index (χ4n) is 3.12. The molecule has 1 saturated heterocycles. The number of thioether (sulfide) groups is 1. The number of carbonyl (C=O) groups is 1. The highest BCUT2D eigenvalue weighted by molar-refractivity contribution is 8.15. The van der Waals surface area contributed by atoms with E-state index in [0.29, 0.717) is 27.9 Å². The zero-order chi connectivity index (χ0) is 22.5. The minimum absolute atomic E-state index is 0.00103. The molecule has 1 amide bonds. The molecule has 162 valence electrons. The first-order valence-corrected chi connectivity index (χ1v) is 10.9. The molecule has 0 bridgehead atoms. The van der Waals surface area contributed by atoms with E-state index in [-0.39, 0.29) is 23.4 Å². The molecule has 1 unspecified atom stereocenters. The number of furan rings is 1. The van der Waals surface area contributed by atoms with E-state index in [0.717, 1.165) is 5.56 Å². The van der Waals surface area contributed by atoms with Gasteiger partial charge in [0, 0.05) is 17.2 Å². The lowest BCUT2D eigenvalue weighted by atomic mass is 10.1. The second kappa shape index (κ2) is 9.80. The number of benzene rings is 2. The first kappa shape index (κ1) is 21.8. The van der Waals surface area contributed by atoms with Gasteiger partial charge in [-0.1, -0.05) is 35.5 Å². The molecule has 1 aliphatic rings. The van der Waals surface area contributed by atoms with Crippen LogP contribution in [0.25, 0.3) is 0 Å². The van der Waals surface area contributed by atoms with Crippen molar-refractivity contribution in [2.75, 3.05) is 0 Å². The Morgan fingerprint density at radius 1 is 1.19 bits per heavy atom. The number of nitro groups is 1. The van der Waals surface area contributed by atoms with E-state index in [1.54, 1.807) is 41.5 Å². The number of rotatable bonds is 7. The molecule has 1 fully saturated rings. The highest BCUT2D eigenvalue weighted by Crippen LogP contribution is 2.32. The van der Waals surface area contributed by atoms with Gasteiger partial charge in [-0.2, -0.15) is 5.10 Å². The molecule has 0 saturated carbocycles. The van der Waals surface area contributed by atoms with Crippen molar-refractivity contribution in [3.63, 3.8) is 0 Å². The van der Waals surface area contributed by atoms with E-state index in [1.165, 1.54) is 30.1 Å². The molecule has 2 heterocycles. The third-order valence-corrected chi connectivity index (χ3v) is 6.08. The molecule has 1 atom stereocenters. The van der Waals surface area contributed by atoms with Gasteiger partial charge in [0.05, 0.1) is 29.2 Å². The quantitative estimate of drug-likeness (QED) is 0.278. The van der Waals surface area contributed by atoms with E-state index in [4.69, 9.17) is 16.0 Å². The molecule has 1 aromatic heterocycles. The van der Waals surface area contributed by atoms with Crippen LogP contribution in [0, 0.1) is 10.1 Å². The highest BCUT2D eigenvalue weighted by atomic mass is 35.5. The van der Waals surface area contributed by atoms with Gasteiger partial charge in [-0.25, -0.2) is 0 Å². The topological polar surface area (TPSA) is 101 Å². The Bertz CT molecular complexity index is 1180. The van der Waals surface area contributed by atoms with E-state index >= 15 is 0 Å². The molecule has 4 rings (SSSR count). The summed E-state index contributed by atoms with van der Waals surface area (Å²) in [6.07, 6.45) is 3.54. The van der Waals surface area contributed by atoms with Crippen LogP contribution in [0.4, 0.5) is 5.69 Å². The van der Waals surface area contributed by atoms with Crippen LogP contribution in [0.3, 0.4) is 0 Å². The standard InChI is InChI=1S/C22H17ClN4O4S/c23-17-4-1-3-16(11-17)12-20-21(28)26(14-19-5-2-10-31-19)22(32-20)25-24-13-15-6-8-18(9-7-15)27(29)30/h1-11,13,20H,12,14H2. The molecule has 3 aromatic rings. The van der Waals surface area contributed by atoms with Crippen LogP contribution in [-0.2, 0) is 17.8 Å². The Balaban J connectivity index is 1.54. The third-order valence-electron chi connectivity index (χ3n) is 4.68. The number of halogens is 1. The summed E-state index contributed by atoms with van der Waals surface area (Å²) in [5, 5.41) is 19.8. The van der Waals surface area contributed by atoms with Gasteiger partial charge >= 0.3 is 0 Å². The molecule has 0 aliphatic carbocycles. The fourth-order valence-corrected chi connectivity index (χ4v) is 4.47. The summed E-state index contributed by atoms with van der Waals surface area (Å²) in [5.74, 6) is 0.546. The Labute approximate surface area is 192 Å². The predicted molar refractivity (Wildman–Crippen MR) is 124 cm³/mol. The number of non-ortho nitro benzene ring substituents is 1. The van der Waals surface area contributed by atoms with Gasteiger partial charge in [0.1, 0.15) is 5.76 Å². The largest absolute Gasteiger partial charge is 0.467 e. The lowest BCUT2D eigenvalue weighted by Crippen LogP contribution is -2.32. The second-order valence-corrected chi connectivity index (χ2v) is 8.53. The van der Waals surface area contributed by atoms with Crippen molar-refractivity contribution in [2.45, 2.75) is 18.2 Å². The average molecular weight is 469 g/mol. The maximum atomic E-state index is 13.1. The van der Waals surface area contributed by atoms with Crippen LogP contribution in [-0.4, -0.2) is 32.4 Å². The smallest absolute Gasteiger partial charge is 0.269 e. The van der Waals surface area contributed by atoms with E-state index in [9.17, 15) is 14.9 Å². The molecule has 1 aliphatic heterocycles. The monoisotopic (exact) mass is 468 g/mol. The molecule has 0 spiro atoms. The van der Waals surface area contributed by atoms with Crippen LogP contribution in [0.5, 0.6) is 0 Å². The number of carbonyl (C=O) groups excluding carboxylic acids is 1. The van der Waals surface area contributed by atoms with Crippen molar-refractivity contribution < 1.29 is 14.1 Å². The minimum atomic E-state index is -0.464. The molecule has 0 N–H and O–H groups in total. The Hall–Kier alpha value is -3.43. The Kier molecular flexibility index (Phi) is 6.67. The summed E-state index contributed by atoms with van der Waals surface area (Å²) in [4.78, 5) is 25.0. The highest BCUT2D eigenvalue weighted by Gasteiger charge is 2.38. The predicted octanol–water partition coefficient (Wildman–Crippen LogP) is 4.92. The zero-order valence-corrected chi connectivity index (χ0v) is 18.2. The first-order valence-electron chi connectivity index (χ1n) is 9.60. The molecule has 10 heteroatoms. The van der Waals surface area contributed by atoms with Gasteiger partial charge in [0.25, 0.3) is 5.69 Å². The van der Waals surface area contributed by atoms with Crippen molar-refractivity contribution in [1.82, 2.24) is 4.90 Å². The van der Waals surface area contributed by atoms with Crippen molar-refractivity contribution in [1.29, 1.82) is 0 Å². The van der Waals surface area contributed by atoms with Crippen molar-refractivity contribution in [2.24, 2.45) is 10.2 Å². The number of nitrogens with zero attached hydrogens (tertiary/aromatic N) is 4. The number of nitro benzene ring substituents is 1. The third kappa shape index (κ3) is 5.24. The summed E-state index contributed by atoms with van der Waals surface area (Å²) in [6.45, 7) is 0.247. The lowest BCUT2D eigenvalue weighted by molar-refractivity contribution is -0.384. The van der Waals surface area contributed by atoms with E-state index < -0.39 is 4.92 Å². The van der Waals surface area contributed by atoms with Gasteiger partial charge in [0.2, 0.25) is 5.91 Å². The summed E-state index contributed by atoms with van der Waals surface area (Å²) >= 11 is 7.41. The second-order valence-electron chi connectivity index (χ2n) is 6.92. The molecule has 0 radical (unpaired) electrons. The molecule has 8 nitrogen and oxygen atoms in total. The van der Waals surface area contributed by atoms with Gasteiger partial charge in [0.15, 0.2) is 5.17 Å². The average Bonchev–Trinajstić information content (AvgIpc) is 3.39. The Morgan fingerprint density at radius 3 is 2.69 bits per heavy atom. The van der Waals surface area contributed by atoms with Crippen LogP contribution < -0.4 is 0 Å². The molecular formula is C22H17ClN4O4S. The van der Waals surface area contributed by atoms with Gasteiger partial charge in [-0.15, -0.1) is 5.10 Å². The SMILES string of the molecule is O=C1C(Cc2cccc(Cl)c2)SC(=NN=Cc2ccc([N+](=O)[O-])cc2)N1Cc1ccco1. The number of hydrogen-bond acceptors (Lipinski definition) is 7.